The third kappa shape index (κ3) is 2.16. The van der Waals surface area contributed by atoms with Crippen LogP contribution in [0.5, 0.6) is 0 Å². The molecule has 1 aromatic rings. The maximum atomic E-state index is 5.68. The lowest BCUT2D eigenvalue weighted by Crippen LogP contribution is -2.26. The summed E-state index contributed by atoms with van der Waals surface area (Å²) in [6, 6.07) is 4.96. The third-order valence-electron chi connectivity index (χ3n) is 2.89. The number of thiophene rings is 1. The van der Waals surface area contributed by atoms with Gasteiger partial charge in [0.25, 0.3) is 0 Å². The van der Waals surface area contributed by atoms with Gasteiger partial charge in [-0.3, -0.25) is 4.90 Å². The normalized spacial score (nSPS) is 20.1. The summed E-state index contributed by atoms with van der Waals surface area (Å²) < 4.78 is 0. The summed E-state index contributed by atoms with van der Waals surface area (Å²) in [5.74, 6) is 0. The molecule has 0 radical (unpaired) electrons. The van der Waals surface area contributed by atoms with Crippen LogP contribution in [-0.2, 0) is 0 Å². The smallest absolute Gasteiger partial charge is 0.0453 e. The van der Waals surface area contributed by atoms with Crippen molar-refractivity contribution >= 4 is 11.3 Å². The molecule has 0 bridgehead atoms. The fraction of sp³-hybridized carbons (Fsp3) is 0.636. The molecule has 0 aromatic carbocycles. The van der Waals surface area contributed by atoms with Crippen molar-refractivity contribution in [2.24, 2.45) is 5.73 Å². The van der Waals surface area contributed by atoms with Gasteiger partial charge in [-0.15, -0.1) is 11.3 Å². The minimum Gasteiger partial charge on any atom is -0.330 e. The van der Waals surface area contributed by atoms with Crippen LogP contribution in [-0.4, -0.2) is 24.5 Å². The zero-order valence-corrected chi connectivity index (χ0v) is 9.30. The Morgan fingerprint density at radius 2 is 2.21 bits per heavy atom. The van der Waals surface area contributed by atoms with Crippen LogP contribution in [0, 0.1) is 0 Å². The Bertz CT molecular complexity index is 252. The Kier molecular flexibility index (Phi) is 3.56. The molecule has 2 rings (SSSR count). The van der Waals surface area contributed by atoms with E-state index >= 15 is 0 Å². The Balaban J connectivity index is 2.06. The van der Waals surface area contributed by atoms with Crippen molar-refractivity contribution in [3.63, 3.8) is 0 Å². The molecule has 1 aromatic heterocycles. The monoisotopic (exact) mass is 210 g/mol. The fourth-order valence-electron chi connectivity index (χ4n) is 2.20. The van der Waals surface area contributed by atoms with Crippen LogP contribution in [0.1, 0.15) is 30.2 Å². The standard InChI is InChI=1S/C11H18N2S/c12-6-5-10(11-4-3-9-14-11)13-7-1-2-8-13/h3-4,9-10H,1-2,5-8,12H2/t10-/m1/s1. The first kappa shape index (κ1) is 10.1. The average molecular weight is 210 g/mol. The molecule has 0 aliphatic carbocycles. The molecule has 1 saturated heterocycles. The largest absolute Gasteiger partial charge is 0.330 e. The highest BCUT2D eigenvalue weighted by Gasteiger charge is 2.23. The van der Waals surface area contributed by atoms with E-state index in [0.717, 1.165) is 13.0 Å². The Morgan fingerprint density at radius 3 is 2.79 bits per heavy atom. The number of hydrogen-bond acceptors (Lipinski definition) is 3. The van der Waals surface area contributed by atoms with Gasteiger partial charge in [0.15, 0.2) is 0 Å². The lowest BCUT2D eigenvalue weighted by atomic mass is 10.1. The highest BCUT2D eigenvalue weighted by molar-refractivity contribution is 7.10. The highest BCUT2D eigenvalue weighted by Crippen LogP contribution is 2.30. The van der Waals surface area contributed by atoms with Crippen LogP contribution >= 0.6 is 11.3 Å². The lowest BCUT2D eigenvalue weighted by molar-refractivity contribution is 0.239. The third-order valence-corrected chi connectivity index (χ3v) is 3.87. The summed E-state index contributed by atoms with van der Waals surface area (Å²) in [6.07, 6.45) is 3.80. The summed E-state index contributed by atoms with van der Waals surface area (Å²) in [6.45, 7) is 3.30. The van der Waals surface area contributed by atoms with Crippen LogP contribution < -0.4 is 5.73 Å². The second-order valence-corrected chi connectivity index (χ2v) is 4.83. The molecule has 2 heterocycles. The molecular weight excluding hydrogens is 192 g/mol. The number of nitrogens with zero attached hydrogens (tertiary/aromatic N) is 1. The second-order valence-electron chi connectivity index (χ2n) is 3.85. The zero-order valence-electron chi connectivity index (χ0n) is 8.48. The zero-order chi connectivity index (χ0) is 9.80. The fourth-order valence-corrected chi connectivity index (χ4v) is 3.09. The van der Waals surface area contributed by atoms with Gasteiger partial charge in [-0.1, -0.05) is 6.07 Å². The predicted octanol–water partition coefficient (Wildman–Crippen LogP) is 2.23. The van der Waals surface area contributed by atoms with E-state index in [1.807, 2.05) is 11.3 Å². The number of rotatable bonds is 4. The molecular formula is C11H18N2S. The molecule has 2 N–H and O–H groups in total. The van der Waals surface area contributed by atoms with E-state index in [4.69, 9.17) is 5.73 Å². The minimum atomic E-state index is 0.586. The summed E-state index contributed by atoms with van der Waals surface area (Å²) in [7, 11) is 0. The van der Waals surface area contributed by atoms with Crippen molar-refractivity contribution in [2.75, 3.05) is 19.6 Å². The first-order valence-electron chi connectivity index (χ1n) is 5.39. The van der Waals surface area contributed by atoms with E-state index in [0.29, 0.717) is 6.04 Å². The topological polar surface area (TPSA) is 29.3 Å². The summed E-state index contributed by atoms with van der Waals surface area (Å²) in [4.78, 5) is 4.07. The number of hydrogen-bond donors (Lipinski definition) is 1. The van der Waals surface area contributed by atoms with Gasteiger partial charge in [-0.2, -0.15) is 0 Å². The summed E-state index contributed by atoms with van der Waals surface area (Å²) in [5.41, 5.74) is 5.68. The van der Waals surface area contributed by atoms with Gasteiger partial charge in [0.1, 0.15) is 0 Å². The van der Waals surface area contributed by atoms with Gasteiger partial charge >= 0.3 is 0 Å². The Labute approximate surface area is 89.7 Å². The Hall–Kier alpha value is -0.380. The second kappa shape index (κ2) is 4.91. The van der Waals surface area contributed by atoms with E-state index in [1.165, 1.54) is 30.8 Å². The lowest BCUT2D eigenvalue weighted by Gasteiger charge is -2.26. The first-order chi connectivity index (χ1) is 6.92. The van der Waals surface area contributed by atoms with Crippen molar-refractivity contribution < 1.29 is 0 Å². The van der Waals surface area contributed by atoms with Gasteiger partial charge in [0.05, 0.1) is 0 Å². The predicted molar refractivity (Wildman–Crippen MR) is 61.5 cm³/mol. The van der Waals surface area contributed by atoms with Crippen molar-refractivity contribution in [1.29, 1.82) is 0 Å². The first-order valence-corrected chi connectivity index (χ1v) is 6.27. The number of nitrogens with two attached hydrogens (primary N) is 1. The average Bonchev–Trinajstić information content (AvgIpc) is 2.87. The van der Waals surface area contributed by atoms with Gasteiger partial charge in [-0.05, 0) is 50.3 Å². The summed E-state index contributed by atoms with van der Waals surface area (Å²) in [5, 5.41) is 2.16. The van der Waals surface area contributed by atoms with Crippen molar-refractivity contribution in [1.82, 2.24) is 4.90 Å². The van der Waals surface area contributed by atoms with Gasteiger partial charge in [-0.25, -0.2) is 0 Å². The molecule has 0 amide bonds. The molecule has 1 atom stereocenters. The molecule has 0 unspecified atom stereocenters. The minimum absolute atomic E-state index is 0.586. The van der Waals surface area contributed by atoms with E-state index in [-0.39, 0.29) is 0 Å². The van der Waals surface area contributed by atoms with Crippen LogP contribution in [0.25, 0.3) is 0 Å². The maximum Gasteiger partial charge on any atom is 0.0453 e. The molecule has 3 heteroatoms. The van der Waals surface area contributed by atoms with Crippen molar-refractivity contribution in [3.8, 4) is 0 Å². The number of likely N-dealkylation sites (tertiary alicyclic amines) is 1. The maximum absolute atomic E-state index is 5.68. The van der Waals surface area contributed by atoms with Crippen molar-refractivity contribution in [3.05, 3.63) is 22.4 Å². The SMILES string of the molecule is NCC[C@H](c1cccs1)N1CCCC1. The molecule has 0 saturated carbocycles. The van der Waals surface area contributed by atoms with E-state index in [9.17, 15) is 0 Å². The Morgan fingerprint density at radius 1 is 1.43 bits per heavy atom. The molecule has 0 spiro atoms. The molecule has 1 aliphatic rings. The molecule has 1 aliphatic heterocycles. The van der Waals surface area contributed by atoms with Crippen LogP contribution in [0.3, 0.4) is 0 Å². The van der Waals surface area contributed by atoms with Crippen LogP contribution in [0.2, 0.25) is 0 Å². The summed E-state index contributed by atoms with van der Waals surface area (Å²) >= 11 is 1.86. The quantitative estimate of drug-likeness (QED) is 0.826. The van der Waals surface area contributed by atoms with Gasteiger partial charge in [0, 0.05) is 10.9 Å². The van der Waals surface area contributed by atoms with E-state index < -0.39 is 0 Å². The highest BCUT2D eigenvalue weighted by atomic mass is 32.1. The van der Waals surface area contributed by atoms with E-state index in [2.05, 4.69) is 22.4 Å². The van der Waals surface area contributed by atoms with Gasteiger partial charge in [0.2, 0.25) is 0 Å². The van der Waals surface area contributed by atoms with Crippen LogP contribution in [0.15, 0.2) is 17.5 Å². The molecule has 14 heavy (non-hydrogen) atoms. The van der Waals surface area contributed by atoms with Crippen LogP contribution in [0.4, 0.5) is 0 Å². The van der Waals surface area contributed by atoms with E-state index in [1.54, 1.807) is 0 Å². The molecule has 1 fully saturated rings. The molecule has 78 valence electrons. The van der Waals surface area contributed by atoms with Crippen molar-refractivity contribution in [2.45, 2.75) is 25.3 Å². The molecule has 2 nitrogen and oxygen atoms in total. The van der Waals surface area contributed by atoms with Gasteiger partial charge < -0.3 is 5.73 Å².